The largest absolute Gasteiger partial charge is 0.292 e. The fraction of sp³-hybridized carbons (Fsp3) is 0.100. The number of nitrogens with one attached hydrogen (secondary N) is 1. The first-order valence-electron chi connectivity index (χ1n) is 4.49. The van der Waals surface area contributed by atoms with Gasteiger partial charge in [-0.2, -0.15) is 15.4 Å². The van der Waals surface area contributed by atoms with E-state index in [1.165, 1.54) is 18.3 Å². The molecule has 0 spiro atoms. The van der Waals surface area contributed by atoms with E-state index in [1.807, 2.05) is 0 Å². The van der Waals surface area contributed by atoms with Gasteiger partial charge in [0.15, 0.2) is 5.78 Å². The van der Waals surface area contributed by atoms with Crippen LogP contribution in [-0.4, -0.2) is 21.2 Å². The van der Waals surface area contributed by atoms with Crippen molar-refractivity contribution in [3.05, 3.63) is 46.5 Å². The Kier molecular flexibility index (Phi) is 2.96. The lowest BCUT2D eigenvalue weighted by Gasteiger charge is -2.00. The number of benzene rings is 1. The van der Waals surface area contributed by atoms with Crippen LogP contribution in [0.5, 0.6) is 0 Å². The molecule has 16 heavy (non-hydrogen) atoms. The normalized spacial score (nSPS) is 10.4. The number of rotatable bonds is 3. The van der Waals surface area contributed by atoms with Gasteiger partial charge in [0.05, 0.1) is 11.2 Å². The first kappa shape index (κ1) is 10.8. The molecule has 0 aliphatic heterocycles. The van der Waals surface area contributed by atoms with Gasteiger partial charge in [-0.05, 0) is 17.7 Å². The summed E-state index contributed by atoms with van der Waals surface area (Å²) in [6.45, 7) is 0. The number of nitrogens with zero attached hydrogens (tertiary/aromatic N) is 2. The molecule has 6 heteroatoms. The first-order chi connectivity index (χ1) is 7.66. The van der Waals surface area contributed by atoms with Crippen LogP contribution in [0.25, 0.3) is 0 Å². The molecule has 0 bridgehead atoms. The molecule has 0 unspecified atom stereocenters. The number of carbonyl (C=O) groups excluding carboxylic acids is 1. The third kappa shape index (κ3) is 2.25. The molecule has 1 N–H and O–H groups in total. The number of H-pyrrole nitrogens is 1. The Morgan fingerprint density at radius 3 is 2.94 bits per heavy atom. The highest BCUT2D eigenvalue weighted by molar-refractivity contribution is 6.30. The van der Waals surface area contributed by atoms with Gasteiger partial charge >= 0.3 is 0 Å². The lowest BCUT2D eigenvalue weighted by molar-refractivity contribution is 0.0988. The highest BCUT2D eigenvalue weighted by atomic mass is 35.5. The van der Waals surface area contributed by atoms with E-state index in [0.717, 1.165) is 0 Å². The molecular formula is C10H7ClFN3O. The van der Waals surface area contributed by atoms with Crippen LogP contribution in [0.1, 0.15) is 16.1 Å². The van der Waals surface area contributed by atoms with Gasteiger partial charge < -0.3 is 0 Å². The van der Waals surface area contributed by atoms with Gasteiger partial charge in [0.25, 0.3) is 0 Å². The maximum absolute atomic E-state index is 13.1. The highest BCUT2D eigenvalue weighted by Crippen LogP contribution is 2.16. The van der Waals surface area contributed by atoms with E-state index in [2.05, 4.69) is 15.4 Å². The summed E-state index contributed by atoms with van der Waals surface area (Å²) in [7, 11) is 0. The quantitative estimate of drug-likeness (QED) is 0.834. The number of carbonyl (C=O) groups is 1. The van der Waals surface area contributed by atoms with E-state index in [0.29, 0.717) is 5.56 Å². The summed E-state index contributed by atoms with van der Waals surface area (Å²) in [6, 6.07) is 4.26. The summed E-state index contributed by atoms with van der Waals surface area (Å²) in [5, 5.41) is 9.55. The van der Waals surface area contributed by atoms with Crippen LogP contribution in [-0.2, 0) is 6.42 Å². The molecule has 2 rings (SSSR count). The average molecular weight is 240 g/mol. The topological polar surface area (TPSA) is 58.6 Å². The van der Waals surface area contributed by atoms with Crippen LogP contribution in [0.15, 0.2) is 24.4 Å². The Labute approximate surface area is 95.4 Å². The van der Waals surface area contributed by atoms with Crippen LogP contribution in [0, 0.1) is 5.82 Å². The van der Waals surface area contributed by atoms with Crippen LogP contribution < -0.4 is 0 Å². The summed E-state index contributed by atoms with van der Waals surface area (Å²) >= 11 is 5.53. The third-order valence-electron chi connectivity index (χ3n) is 2.05. The fourth-order valence-electron chi connectivity index (χ4n) is 1.26. The Bertz CT molecular complexity index is 513. The van der Waals surface area contributed by atoms with Crippen molar-refractivity contribution in [2.24, 2.45) is 0 Å². The molecular weight excluding hydrogens is 233 g/mol. The number of Topliss-reactive ketones (excluding diaryl/α,β-unsaturated/α-hetero) is 1. The molecule has 0 saturated heterocycles. The standard InChI is InChI=1S/C10H7ClFN3O/c11-7-2-1-6(3-8(7)12)4-10(16)9-5-13-15-14-9/h1-3,5H,4H2,(H,13,14,15). The van der Waals surface area contributed by atoms with Crippen molar-refractivity contribution in [2.75, 3.05) is 0 Å². The summed E-state index contributed by atoms with van der Waals surface area (Å²) in [5.74, 6) is -0.761. The monoisotopic (exact) mass is 239 g/mol. The van der Waals surface area contributed by atoms with Crippen molar-refractivity contribution in [2.45, 2.75) is 6.42 Å². The lowest BCUT2D eigenvalue weighted by Crippen LogP contribution is -2.04. The molecule has 0 amide bonds. The maximum Gasteiger partial charge on any atom is 0.189 e. The minimum absolute atomic E-state index is 0.0395. The number of aromatic nitrogens is 3. The van der Waals surface area contributed by atoms with Crippen molar-refractivity contribution in [1.29, 1.82) is 0 Å². The predicted molar refractivity (Wildman–Crippen MR) is 55.8 cm³/mol. The lowest BCUT2D eigenvalue weighted by atomic mass is 10.1. The molecule has 0 aliphatic rings. The molecule has 0 fully saturated rings. The molecule has 82 valence electrons. The summed E-state index contributed by atoms with van der Waals surface area (Å²) in [6.07, 6.45) is 1.40. The SMILES string of the molecule is O=C(Cc1ccc(Cl)c(F)c1)c1cn[nH]n1. The van der Waals surface area contributed by atoms with E-state index < -0.39 is 5.82 Å². The minimum Gasteiger partial charge on any atom is -0.292 e. The zero-order valence-electron chi connectivity index (χ0n) is 8.08. The third-order valence-corrected chi connectivity index (χ3v) is 2.36. The van der Waals surface area contributed by atoms with Gasteiger partial charge in [-0.25, -0.2) is 4.39 Å². The molecule has 1 heterocycles. The molecule has 1 aromatic heterocycles. The summed E-state index contributed by atoms with van der Waals surface area (Å²) < 4.78 is 13.1. The number of hydrogen-bond acceptors (Lipinski definition) is 3. The molecule has 0 aliphatic carbocycles. The van der Waals surface area contributed by atoms with Crippen molar-refractivity contribution in [3.8, 4) is 0 Å². The van der Waals surface area contributed by atoms with Gasteiger partial charge in [0, 0.05) is 6.42 Å². The Morgan fingerprint density at radius 1 is 1.50 bits per heavy atom. The molecule has 2 aromatic rings. The number of hydrogen-bond donors (Lipinski definition) is 1. The van der Waals surface area contributed by atoms with Crippen molar-refractivity contribution in [1.82, 2.24) is 15.4 Å². The van der Waals surface area contributed by atoms with Gasteiger partial charge in [-0.15, -0.1) is 0 Å². The Hall–Kier alpha value is -1.75. The summed E-state index contributed by atoms with van der Waals surface area (Å²) in [5.41, 5.74) is 0.783. The second-order valence-electron chi connectivity index (χ2n) is 3.20. The van der Waals surface area contributed by atoms with Crippen molar-refractivity contribution < 1.29 is 9.18 Å². The second kappa shape index (κ2) is 4.40. The second-order valence-corrected chi connectivity index (χ2v) is 3.61. The van der Waals surface area contributed by atoms with Crippen LogP contribution in [0.4, 0.5) is 4.39 Å². The zero-order valence-corrected chi connectivity index (χ0v) is 8.83. The van der Waals surface area contributed by atoms with Gasteiger partial charge in [0.2, 0.25) is 0 Å². The van der Waals surface area contributed by atoms with Crippen LogP contribution in [0.3, 0.4) is 0 Å². The van der Waals surface area contributed by atoms with E-state index >= 15 is 0 Å². The van der Waals surface area contributed by atoms with Crippen LogP contribution in [0.2, 0.25) is 5.02 Å². The smallest absolute Gasteiger partial charge is 0.189 e. The summed E-state index contributed by atoms with van der Waals surface area (Å²) in [4.78, 5) is 11.6. The number of aromatic amines is 1. The minimum atomic E-state index is -0.535. The van der Waals surface area contributed by atoms with Crippen molar-refractivity contribution >= 4 is 17.4 Å². The van der Waals surface area contributed by atoms with Crippen LogP contribution >= 0.6 is 11.6 Å². The molecule has 0 saturated carbocycles. The van der Waals surface area contributed by atoms with Gasteiger partial charge in [-0.1, -0.05) is 17.7 Å². The van der Waals surface area contributed by atoms with Gasteiger partial charge in [-0.3, -0.25) is 4.79 Å². The Morgan fingerprint density at radius 2 is 2.31 bits per heavy atom. The number of ketones is 1. The molecule has 4 nitrogen and oxygen atoms in total. The molecule has 0 atom stereocenters. The van der Waals surface area contributed by atoms with E-state index in [4.69, 9.17) is 11.6 Å². The number of halogens is 2. The predicted octanol–water partition coefficient (Wildman–Crippen LogP) is 2.02. The van der Waals surface area contributed by atoms with E-state index in [1.54, 1.807) is 6.07 Å². The zero-order chi connectivity index (χ0) is 11.5. The average Bonchev–Trinajstić information content (AvgIpc) is 2.77. The molecule has 1 aromatic carbocycles. The van der Waals surface area contributed by atoms with E-state index in [9.17, 15) is 9.18 Å². The molecule has 0 radical (unpaired) electrons. The Balaban J connectivity index is 2.15. The van der Waals surface area contributed by atoms with Crippen molar-refractivity contribution in [3.63, 3.8) is 0 Å². The maximum atomic E-state index is 13.1. The van der Waals surface area contributed by atoms with E-state index in [-0.39, 0.29) is 22.9 Å². The highest BCUT2D eigenvalue weighted by Gasteiger charge is 2.10. The fourth-order valence-corrected chi connectivity index (χ4v) is 1.38. The van der Waals surface area contributed by atoms with Gasteiger partial charge in [0.1, 0.15) is 11.5 Å². The first-order valence-corrected chi connectivity index (χ1v) is 4.87.